The van der Waals surface area contributed by atoms with Gasteiger partial charge in [-0.2, -0.15) is 0 Å². The summed E-state index contributed by atoms with van der Waals surface area (Å²) in [5, 5.41) is 2.47. The van der Waals surface area contributed by atoms with Crippen molar-refractivity contribution in [2.45, 2.75) is 19.9 Å². The summed E-state index contributed by atoms with van der Waals surface area (Å²) in [5.41, 5.74) is -0.733. The lowest BCUT2D eigenvalue weighted by Gasteiger charge is -2.38. The molecule has 0 radical (unpaired) electrons. The number of alkyl carbamates (subject to hydrolysis) is 1. The number of nitrogens with one attached hydrogen (secondary N) is 1. The van der Waals surface area contributed by atoms with Crippen LogP contribution in [0.2, 0.25) is 0 Å². The molecule has 3 nitrogen and oxygen atoms in total. The lowest BCUT2D eigenvalue weighted by Crippen LogP contribution is -2.47. The quantitative estimate of drug-likeness (QED) is 0.860. The van der Waals surface area contributed by atoms with Crippen molar-refractivity contribution in [1.82, 2.24) is 5.32 Å². The standard InChI is InChI=1S/C12H12BrF2NO2/c1-12(2)5-18-11(17)16-10(12)9-7(14)3-6(13)4-8(9)15/h3-4,10H,5H2,1-2H3,(H,16,17)/t10-/m0/s1. The number of carbonyl (C=O) groups excluding carboxylic acids is 1. The van der Waals surface area contributed by atoms with Crippen LogP contribution < -0.4 is 5.32 Å². The Kier molecular flexibility index (Phi) is 3.31. The van der Waals surface area contributed by atoms with Crippen molar-refractivity contribution < 1.29 is 18.3 Å². The average Bonchev–Trinajstić information content (AvgIpc) is 2.22. The number of halogens is 3. The first-order valence-electron chi connectivity index (χ1n) is 5.39. The minimum absolute atomic E-state index is 0.110. The van der Waals surface area contributed by atoms with Gasteiger partial charge in [-0.25, -0.2) is 13.6 Å². The summed E-state index contributed by atoms with van der Waals surface area (Å²) in [5.74, 6) is -1.38. The van der Waals surface area contributed by atoms with E-state index in [1.165, 1.54) is 12.1 Å². The van der Waals surface area contributed by atoms with Crippen LogP contribution in [-0.2, 0) is 4.74 Å². The van der Waals surface area contributed by atoms with Crippen molar-refractivity contribution >= 4 is 22.0 Å². The van der Waals surface area contributed by atoms with E-state index in [2.05, 4.69) is 21.2 Å². The molecule has 0 aromatic heterocycles. The zero-order valence-corrected chi connectivity index (χ0v) is 11.5. The first kappa shape index (κ1) is 13.3. The van der Waals surface area contributed by atoms with Gasteiger partial charge in [-0.15, -0.1) is 0 Å². The van der Waals surface area contributed by atoms with Crippen LogP contribution in [0, 0.1) is 17.0 Å². The molecule has 1 aliphatic rings. The molecular weight excluding hydrogens is 308 g/mol. The third-order valence-electron chi connectivity index (χ3n) is 2.95. The minimum atomic E-state index is -0.758. The molecule has 98 valence electrons. The molecule has 1 fully saturated rings. The minimum Gasteiger partial charge on any atom is -0.449 e. The highest BCUT2D eigenvalue weighted by Crippen LogP contribution is 2.39. The smallest absolute Gasteiger partial charge is 0.407 e. The third kappa shape index (κ3) is 2.34. The topological polar surface area (TPSA) is 38.3 Å². The van der Waals surface area contributed by atoms with Crippen molar-refractivity contribution in [1.29, 1.82) is 0 Å². The lowest BCUT2D eigenvalue weighted by molar-refractivity contribution is 0.0367. The fourth-order valence-electron chi connectivity index (χ4n) is 1.98. The highest BCUT2D eigenvalue weighted by atomic mass is 79.9. The zero-order chi connectivity index (χ0) is 13.5. The summed E-state index contributed by atoms with van der Waals surface area (Å²) in [4.78, 5) is 11.2. The average molecular weight is 320 g/mol. The zero-order valence-electron chi connectivity index (χ0n) is 9.89. The first-order valence-corrected chi connectivity index (χ1v) is 6.18. The molecule has 0 unspecified atom stereocenters. The van der Waals surface area contributed by atoms with Crippen molar-refractivity contribution in [2.24, 2.45) is 5.41 Å². The van der Waals surface area contributed by atoms with Gasteiger partial charge in [0.2, 0.25) is 0 Å². The predicted molar refractivity (Wildman–Crippen MR) is 65.1 cm³/mol. The van der Waals surface area contributed by atoms with E-state index in [0.717, 1.165) is 0 Å². The van der Waals surface area contributed by atoms with Crippen molar-refractivity contribution in [3.05, 3.63) is 33.8 Å². The van der Waals surface area contributed by atoms with E-state index in [4.69, 9.17) is 4.74 Å². The van der Waals surface area contributed by atoms with Crippen molar-refractivity contribution in [3.63, 3.8) is 0 Å². The van der Waals surface area contributed by atoms with Crippen LogP contribution in [0.25, 0.3) is 0 Å². The Morgan fingerprint density at radius 3 is 2.50 bits per heavy atom. The Balaban J connectivity index is 2.49. The molecular formula is C12H12BrF2NO2. The summed E-state index contributed by atoms with van der Waals surface area (Å²) < 4.78 is 33.0. The molecule has 1 N–H and O–H groups in total. The monoisotopic (exact) mass is 319 g/mol. The normalized spacial score (nSPS) is 22.3. The Bertz CT molecular complexity index is 482. The number of rotatable bonds is 1. The molecule has 1 aromatic rings. The van der Waals surface area contributed by atoms with Crippen molar-refractivity contribution in [3.8, 4) is 0 Å². The summed E-state index contributed by atoms with van der Waals surface area (Å²) in [6.45, 7) is 3.66. The molecule has 1 saturated heterocycles. The highest BCUT2D eigenvalue weighted by molar-refractivity contribution is 9.10. The van der Waals surface area contributed by atoms with Crippen molar-refractivity contribution in [2.75, 3.05) is 6.61 Å². The Hall–Kier alpha value is -1.17. The molecule has 18 heavy (non-hydrogen) atoms. The summed E-state index contributed by atoms with van der Waals surface area (Å²) in [6, 6.07) is 1.60. The number of hydrogen-bond donors (Lipinski definition) is 1. The van der Waals surface area contributed by atoms with E-state index in [9.17, 15) is 13.6 Å². The second-order valence-electron chi connectivity index (χ2n) is 4.93. The third-order valence-corrected chi connectivity index (χ3v) is 3.41. The van der Waals surface area contributed by atoms with E-state index in [1.807, 2.05) is 0 Å². The first-order chi connectivity index (χ1) is 8.31. The largest absolute Gasteiger partial charge is 0.449 e. The molecule has 1 atom stereocenters. The molecule has 0 aliphatic carbocycles. The number of hydrogen-bond acceptors (Lipinski definition) is 2. The summed E-state index contributed by atoms with van der Waals surface area (Å²) >= 11 is 3.02. The Labute approximate surface area is 112 Å². The second kappa shape index (κ2) is 4.50. The molecule has 2 rings (SSSR count). The second-order valence-corrected chi connectivity index (χ2v) is 5.84. The van der Waals surface area contributed by atoms with E-state index in [-0.39, 0.29) is 12.2 Å². The fourth-order valence-corrected chi connectivity index (χ4v) is 2.38. The van der Waals surface area contributed by atoms with E-state index < -0.39 is 29.2 Å². The van der Waals surface area contributed by atoms with Crippen LogP contribution >= 0.6 is 15.9 Å². The number of ether oxygens (including phenoxy) is 1. The summed E-state index contributed by atoms with van der Waals surface area (Å²) in [6.07, 6.45) is -0.666. The van der Waals surface area contributed by atoms with E-state index in [1.54, 1.807) is 13.8 Å². The van der Waals surface area contributed by atoms with Gasteiger partial charge in [0.05, 0.1) is 6.04 Å². The van der Waals surface area contributed by atoms with Crippen LogP contribution in [0.4, 0.5) is 13.6 Å². The molecule has 0 spiro atoms. The molecule has 1 amide bonds. The fraction of sp³-hybridized carbons (Fsp3) is 0.417. The number of cyclic esters (lactones) is 1. The van der Waals surface area contributed by atoms with Crippen LogP contribution in [0.5, 0.6) is 0 Å². The van der Waals surface area contributed by atoms with Crippen LogP contribution in [0.15, 0.2) is 16.6 Å². The van der Waals surface area contributed by atoms with Gasteiger partial charge in [0.25, 0.3) is 0 Å². The predicted octanol–water partition coefficient (Wildman–Crippen LogP) is 3.53. The van der Waals surface area contributed by atoms with Gasteiger partial charge < -0.3 is 10.1 Å². The molecule has 0 saturated carbocycles. The van der Waals surface area contributed by atoms with Gasteiger partial charge in [0.15, 0.2) is 0 Å². The van der Waals surface area contributed by atoms with Gasteiger partial charge in [0.1, 0.15) is 18.2 Å². The highest BCUT2D eigenvalue weighted by Gasteiger charge is 2.40. The number of benzene rings is 1. The number of amides is 1. The van der Waals surface area contributed by atoms with Crippen LogP contribution in [0.3, 0.4) is 0 Å². The van der Waals surface area contributed by atoms with E-state index >= 15 is 0 Å². The number of carbonyl (C=O) groups is 1. The summed E-state index contributed by atoms with van der Waals surface area (Å²) in [7, 11) is 0. The lowest BCUT2D eigenvalue weighted by atomic mass is 9.80. The molecule has 1 aromatic carbocycles. The molecule has 0 bridgehead atoms. The maximum Gasteiger partial charge on any atom is 0.407 e. The Morgan fingerprint density at radius 2 is 1.94 bits per heavy atom. The maximum atomic E-state index is 13.9. The molecule has 1 heterocycles. The van der Waals surface area contributed by atoms with E-state index in [0.29, 0.717) is 4.47 Å². The van der Waals surface area contributed by atoms with Gasteiger partial charge in [0, 0.05) is 15.5 Å². The molecule has 1 aliphatic heterocycles. The maximum absolute atomic E-state index is 13.9. The van der Waals surface area contributed by atoms with Gasteiger partial charge in [-0.05, 0) is 12.1 Å². The van der Waals surface area contributed by atoms with Gasteiger partial charge >= 0.3 is 6.09 Å². The van der Waals surface area contributed by atoms with Gasteiger partial charge in [-0.3, -0.25) is 0 Å². The Morgan fingerprint density at radius 1 is 1.39 bits per heavy atom. The van der Waals surface area contributed by atoms with Crippen LogP contribution in [-0.4, -0.2) is 12.7 Å². The molecule has 6 heteroatoms. The van der Waals surface area contributed by atoms with Gasteiger partial charge in [-0.1, -0.05) is 29.8 Å². The SMILES string of the molecule is CC1(C)COC(=O)N[C@H]1c1c(F)cc(Br)cc1F. The van der Waals surface area contributed by atoms with Crippen LogP contribution in [0.1, 0.15) is 25.5 Å².